The summed E-state index contributed by atoms with van der Waals surface area (Å²) in [7, 11) is -3.22. The van der Waals surface area contributed by atoms with E-state index in [1.807, 2.05) is 0 Å². The van der Waals surface area contributed by atoms with Crippen molar-refractivity contribution in [1.29, 1.82) is 0 Å². The Morgan fingerprint density at radius 3 is 1.05 bits per heavy atom. The van der Waals surface area contributed by atoms with Crippen LogP contribution in [0.5, 0.6) is 0 Å². The van der Waals surface area contributed by atoms with E-state index in [-0.39, 0.29) is 5.87 Å². The van der Waals surface area contributed by atoms with Gasteiger partial charge in [-0.3, -0.25) is 4.79 Å². The topological polar surface area (TPSA) is 54.0 Å². The largest absolute Gasteiger partial charge is 0.477 e. The Hall–Kier alpha value is 0.496. The number of rotatable bonds is 6. The molecule has 0 N–H and O–H groups in total. The van der Waals surface area contributed by atoms with Gasteiger partial charge >= 0.3 is 0 Å². The van der Waals surface area contributed by atoms with Gasteiger partial charge in [0, 0.05) is 0 Å². The molecule has 0 spiro atoms. The van der Waals surface area contributed by atoms with E-state index in [0.29, 0.717) is 0 Å². The fourth-order valence-corrected chi connectivity index (χ4v) is 7.55. The van der Waals surface area contributed by atoms with E-state index in [2.05, 4.69) is 63.7 Å². The summed E-state index contributed by atoms with van der Waals surface area (Å²) in [5.74, 6) is -0.245. The number of carbonyl (C=O) groups is 1. The summed E-state index contributed by atoms with van der Waals surface area (Å²) in [6.07, 6.45) is 0. The van der Waals surface area contributed by atoms with E-state index in [9.17, 15) is 4.79 Å². The number of carbonyl (C=O) groups excluding carboxylic acids is 1. The van der Waals surface area contributed by atoms with Crippen molar-refractivity contribution < 1.29 is 22.2 Å². The maximum absolute atomic E-state index is 9.59. The van der Waals surface area contributed by atoms with Crippen LogP contribution in [0.25, 0.3) is 0 Å². The van der Waals surface area contributed by atoms with Crippen LogP contribution in [0.2, 0.25) is 58.9 Å². The molecule has 0 unspecified atom stereocenters. The Balaban J connectivity index is 0. The van der Waals surface area contributed by atoms with E-state index in [1.165, 1.54) is 15.0 Å². The maximum Gasteiger partial charge on any atom is 0.300 e. The molecule has 0 aliphatic carbocycles. The lowest BCUT2D eigenvalue weighted by Crippen LogP contribution is -2.32. The Kier molecular flexibility index (Phi) is 10.9. The minimum Gasteiger partial charge on any atom is -0.477 e. The SMILES string of the molecule is BC(=O)OC.C[Si](C)(C)OP(O[Si](C)(C)C)O[Si](C)(C)C. The minimum absolute atomic E-state index is 0.245. The van der Waals surface area contributed by atoms with Gasteiger partial charge in [0.15, 0.2) is 25.0 Å². The first-order valence-electron chi connectivity index (χ1n) is 6.98. The third-order valence-corrected chi connectivity index (χ3v) is 9.69. The summed E-state index contributed by atoms with van der Waals surface area (Å²) in [6, 6.07) is 0. The molecule has 5 nitrogen and oxygen atoms in total. The second kappa shape index (κ2) is 9.59. The van der Waals surface area contributed by atoms with Crippen LogP contribution in [0, 0.1) is 0 Å². The van der Waals surface area contributed by atoms with Gasteiger partial charge in [-0.15, -0.1) is 0 Å². The Labute approximate surface area is 135 Å². The summed E-state index contributed by atoms with van der Waals surface area (Å²) in [6.45, 7) is 19.5. The number of hydrogen-bond donors (Lipinski definition) is 0. The van der Waals surface area contributed by atoms with Crippen molar-refractivity contribution in [3.05, 3.63) is 0 Å². The lowest BCUT2D eigenvalue weighted by atomic mass is 10.2. The lowest BCUT2D eigenvalue weighted by Gasteiger charge is -2.32. The van der Waals surface area contributed by atoms with E-state index < -0.39 is 33.6 Å². The molecule has 10 heteroatoms. The quantitative estimate of drug-likeness (QED) is 0.519. The monoisotopic (exact) mass is 370 g/mol. The Bertz CT molecular complexity index is 274. The molecule has 0 aromatic rings. The molecule has 0 amide bonds. The Morgan fingerprint density at radius 2 is 0.952 bits per heavy atom. The normalized spacial score (nSPS) is 12.7. The van der Waals surface area contributed by atoms with Crippen molar-refractivity contribution >= 4 is 47.3 Å². The molecule has 0 rings (SSSR count). The zero-order valence-electron chi connectivity index (χ0n) is 15.5. The third kappa shape index (κ3) is 22.9. The molecule has 126 valence electrons. The van der Waals surface area contributed by atoms with Crippen LogP contribution in [0.1, 0.15) is 0 Å². The molecule has 0 aliphatic rings. The molecule has 0 aromatic heterocycles. The van der Waals surface area contributed by atoms with Crippen LogP contribution in [0.15, 0.2) is 0 Å². The molecule has 0 saturated carbocycles. The summed E-state index contributed by atoms with van der Waals surface area (Å²) >= 11 is 0. The lowest BCUT2D eigenvalue weighted by molar-refractivity contribution is 0.198. The first kappa shape index (κ1) is 23.8. The smallest absolute Gasteiger partial charge is 0.300 e. The van der Waals surface area contributed by atoms with Gasteiger partial charge in [-0.25, -0.2) is 0 Å². The van der Waals surface area contributed by atoms with Crippen molar-refractivity contribution in [1.82, 2.24) is 0 Å². The van der Waals surface area contributed by atoms with Crippen LogP contribution in [0.3, 0.4) is 0 Å². The molecule has 0 fully saturated rings. The molecular weight excluding hydrogens is 338 g/mol. The van der Waals surface area contributed by atoms with Gasteiger partial charge < -0.3 is 17.4 Å². The predicted molar refractivity (Wildman–Crippen MR) is 101 cm³/mol. The average molecular weight is 370 g/mol. The van der Waals surface area contributed by atoms with Gasteiger partial charge in [0.05, 0.1) is 7.11 Å². The second-order valence-electron chi connectivity index (χ2n) is 7.53. The number of ether oxygens (including phenoxy) is 1. The van der Waals surface area contributed by atoms with Crippen LogP contribution in [0.4, 0.5) is 4.79 Å². The van der Waals surface area contributed by atoms with E-state index in [0.717, 1.165) is 0 Å². The second-order valence-corrected chi connectivity index (χ2v) is 22.8. The van der Waals surface area contributed by atoms with Gasteiger partial charge in [0.1, 0.15) is 0 Å². The molecular formula is C11H32BO5PSi3. The van der Waals surface area contributed by atoms with Gasteiger partial charge in [0.2, 0.25) is 13.7 Å². The fourth-order valence-electron chi connectivity index (χ4n) is 0.727. The zero-order chi connectivity index (χ0) is 17.5. The van der Waals surface area contributed by atoms with Gasteiger partial charge in [-0.1, -0.05) is 0 Å². The molecule has 0 heterocycles. The van der Waals surface area contributed by atoms with E-state index in [1.54, 1.807) is 0 Å². The summed E-state index contributed by atoms with van der Waals surface area (Å²) < 4.78 is 22.2. The van der Waals surface area contributed by atoms with Crippen molar-refractivity contribution in [2.75, 3.05) is 7.11 Å². The van der Waals surface area contributed by atoms with Crippen molar-refractivity contribution in [3.8, 4) is 0 Å². The van der Waals surface area contributed by atoms with Crippen molar-refractivity contribution in [2.45, 2.75) is 58.9 Å². The third-order valence-electron chi connectivity index (χ3n) is 1.33. The highest BCUT2D eigenvalue weighted by atomic mass is 31.2. The molecule has 0 aromatic carbocycles. The minimum atomic E-state index is -1.60. The van der Waals surface area contributed by atoms with Crippen molar-refractivity contribution in [3.63, 3.8) is 0 Å². The van der Waals surface area contributed by atoms with Crippen molar-refractivity contribution in [2.24, 2.45) is 0 Å². The fraction of sp³-hybridized carbons (Fsp3) is 0.909. The molecule has 0 bridgehead atoms. The molecule has 21 heavy (non-hydrogen) atoms. The Morgan fingerprint density at radius 1 is 0.762 bits per heavy atom. The van der Waals surface area contributed by atoms with Crippen LogP contribution < -0.4 is 0 Å². The van der Waals surface area contributed by atoms with Gasteiger partial charge in [0.25, 0.3) is 8.60 Å². The molecule has 0 aliphatic heterocycles. The van der Waals surface area contributed by atoms with Crippen LogP contribution in [-0.2, 0) is 17.4 Å². The summed E-state index contributed by atoms with van der Waals surface area (Å²) in [4.78, 5) is 9.59. The van der Waals surface area contributed by atoms with Crippen LogP contribution >= 0.6 is 8.60 Å². The average Bonchev–Trinajstić information content (AvgIpc) is 2.09. The molecule has 0 atom stereocenters. The molecule has 0 saturated heterocycles. The summed E-state index contributed by atoms with van der Waals surface area (Å²) in [5, 5.41) is 0. The number of methoxy groups -OCH3 is 1. The highest BCUT2D eigenvalue weighted by Crippen LogP contribution is 2.47. The number of hydrogen-bond acceptors (Lipinski definition) is 5. The standard InChI is InChI=1S/C9H27O3PSi3.C2H5BO2/c1-14(2,3)10-13(11-15(4,5)6)12-16(7,8)9;1-5-2(3)4/h1-9H3;3H2,1H3. The van der Waals surface area contributed by atoms with Crippen LogP contribution in [-0.4, -0.2) is 45.8 Å². The first-order valence-corrected chi connectivity index (χ1v) is 18.3. The highest BCUT2D eigenvalue weighted by Gasteiger charge is 2.32. The molecule has 0 radical (unpaired) electrons. The summed E-state index contributed by atoms with van der Waals surface area (Å²) in [5.41, 5.74) is 0. The zero-order valence-corrected chi connectivity index (χ0v) is 19.4. The van der Waals surface area contributed by atoms with Gasteiger partial charge in [-0.05, 0) is 58.9 Å². The van der Waals surface area contributed by atoms with Gasteiger partial charge in [-0.2, -0.15) is 0 Å². The van der Waals surface area contributed by atoms with E-state index in [4.69, 9.17) is 12.6 Å². The predicted octanol–water partition coefficient (Wildman–Crippen LogP) is 4.15. The highest BCUT2D eigenvalue weighted by molar-refractivity contribution is 7.47. The maximum atomic E-state index is 9.59. The van der Waals surface area contributed by atoms with E-state index >= 15 is 0 Å². The first-order chi connectivity index (χ1) is 9.06.